The van der Waals surface area contributed by atoms with Gasteiger partial charge in [0.05, 0.1) is 6.04 Å². The number of amides is 5. The van der Waals surface area contributed by atoms with E-state index in [4.69, 9.17) is 17.2 Å². The quantitative estimate of drug-likeness (QED) is 0.0614. The second-order valence-electron chi connectivity index (χ2n) is 13.1. The van der Waals surface area contributed by atoms with Gasteiger partial charge in [-0.3, -0.25) is 24.0 Å². The Labute approximate surface area is 318 Å². The molecule has 14 heteroatoms. The Morgan fingerprint density at radius 3 is 1.69 bits per heavy atom. The van der Waals surface area contributed by atoms with Crippen molar-refractivity contribution >= 4 is 52.1 Å². The van der Waals surface area contributed by atoms with Gasteiger partial charge in [0, 0.05) is 16.4 Å². The Kier molecular flexibility index (Phi) is 17.0. The average Bonchev–Trinajstić information content (AvgIpc) is 3.11. The van der Waals surface area contributed by atoms with Crippen LogP contribution < -0.4 is 38.5 Å². The SMILES string of the molecule is CC(C)[C@H](NC(=O)[C@H](Cc1ccc(I)cc1)NC(=O)[C@@H](N)Cc1ccccc1)C(=O)N[C@@H](Cc1ccc(O)cc1)C(=O)N[C@@H](CCCCN)C(N)=O. The minimum Gasteiger partial charge on any atom is -0.508 e. The lowest BCUT2D eigenvalue weighted by molar-refractivity contribution is -0.135. The number of rotatable bonds is 20. The zero-order valence-corrected chi connectivity index (χ0v) is 31.7. The molecule has 3 aromatic rings. The molecule has 0 saturated carbocycles. The van der Waals surface area contributed by atoms with Crippen LogP contribution in [0.5, 0.6) is 5.75 Å². The fourth-order valence-corrected chi connectivity index (χ4v) is 5.84. The van der Waals surface area contributed by atoms with Gasteiger partial charge in [-0.05, 0) is 102 Å². The molecular formula is C38H50IN7O6. The Hall–Kier alpha value is -4.54. The lowest BCUT2D eigenvalue weighted by Crippen LogP contribution is -2.60. The van der Waals surface area contributed by atoms with E-state index in [0.29, 0.717) is 24.9 Å². The maximum atomic E-state index is 13.9. The van der Waals surface area contributed by atoms with Gasteiger partial charge in [0.1, 0.15) is 29.9 Å². The van der Waals surface area contributed by atoms with Crippen LogP contribution in [0.2, 0.25) is 0 Å². The molecule has 13 nitrogen and oxygen atoms in total. The van der Waals surface area contributed by atoms with E-state index < -0.39 is 65.7 Å². The van der Waals surface area contributed by atoms with Crippen LogP contribution in [-0.2, 0) is 43.2 Å². The van der Waals surface area contributed by atoms with E-state index in [2.05, 4.69) is 43.9 Å². The molecule has 0 unspecified atom stereocenters. The van der Waals surface area contributed by atoms with Crippen molar-refractivity contribution < 1.29 is 29.1 Å². The monoisotopic (exact) mass is 827 g/mol. The van der Waals surface area contributed by atoms with E-state index in [0.717, 1.165) is 14.7 Å². The molecule has 0 saturated heterocycles. The lowest BCUT2D eigenvalue weighted by atomic mass is 9.99. The summed E-state index contributed by atoms with van der Waals surface area (Å²) < 4.78 is 0.997. The fourth-order valence-electron chi connectivity index (χ4n) is 5.48. The van der Waals surface area contributed by atoms with E-state index in [-0.39, 0.29) is 31.4 Å². The standard InChI is InChI=1S/C38H50IN7O6/c1-23(2)33(38(52)45-31(22-26-13-17-28(47)18-14-26)36(50)43-30(34(42)48)10-6-7-19-40)46-37(51)32(21-25-11-15-27(39)16-12-25)44-35(49)29(41)20-24-8-4-3-5-9-24/h3-5,8-9,11-18,23,29-33,47H,6-7,10,19-22,40-41H2,1-2H3,(H2,42,48)(H,43,50)(H,44,49)(H,45,52)(H,46,51)/t29-,30-,31-,32-,33-/m0/s1. The minimum atomic E-state index is -1.18. The van der Waals surface area contributed by atoms with Crippen molar-refractivity contribution in [2.45, 2.75) is 82.6 Å². The molecule has 0 aliphatic rings. The molecule has 0 radical (unpaired) electrons. The predicted molar refractivity (Wildman–Crippen MR) is 207 cm³/mol. The third-order valence-electron chi connectivity index (χ3n) is 8.48. The number of hydrogen-bond acceptors (Lipinski definition) is 8. The van der Waals surface area contributed by atoms with Crippen molar-refractivity contribution in [1.29, 1.82) is 0 Å². The summed E-state index contributed by atoms with van der Waals surface area (Å²) in [7, 11) is 0. The van der Waals surface area contributed by atoms with Gasteiger partial charge in [-0.1, -0.05) is 68.4 Å². The number of aromatic hydroxyl groups is 1. The normalized spacial score (nSPS) is 14.0. The van der Waals surface area contributed by atoms with Crippen LogP contribution in [0.25, 0.3) is 0 Å². The molecule has 280 valence electrons. The highest BCUT2D eigenvalue weighted by molar-refractivity contribution is 14.1. The van der Waals surface area contributed by atoms with Crippen molar-refractivity contribution in [3.63, 3.8) is 0 Å². The molecule has 5 atom stereocenters. The van der Waals surface area contributed by atoms with Gasteiger partial charge in [-0.2, -0.15) is 0 Å². The molecule has 11 N–H and O–H groups in total. The second kappa shape index (κ2) is 21.1. The number of phenolic OH excluding ortho intramolecular Hbond substituents is 1. The van der Waals surface area contributed by atoms with Crippen LogP contribution in [0, 0.1) is 9.49 Å². The average molecular weight is 828 g/mol. The van der Waals surface area contributed by atoms with Crippen LogP contribution in [0.15, 0.2) is 78.9 Å². The maximum Gasteiger partial charge on any atom is 0.243 e. The first-order chi connectivity index (χ1) is 24.8. The van der Waals surface area contributed by atoms with Gasteiger partial charge in [0.2, 0.25) is 29.5 Å². The first kappa shape index (κ1) is 41.9. The van der Waals surface area contributed by atoms with E-state index in [1.807, 2.05) is 54.6 Å². The number of phenols is 1. The highest BCUT2D eigenvalue weighted by Gasteiger charge is 2.33. The molecule has 52 heavy (non-hydrogen) atoms. The molecule has 0 heterocycles. The Morgan fingerprint density at radius 2 is 1.15 bits per heavy atom. The number of unbranched alkanes of at least 4 members (excludes halogenated alkanes) is 1. The number of carbonyl (C=O) groups excluding carboxylic acids is 5. The van der Waals surface area contributed by atoms with Gasteiger partial charge in [-0.15, -0.1) is 0 Å². The summed E-state index contributed by atoms with van der Waals surface area (Å²) >= 11 is 2.17. The van der Waals surface area contributed by atoms with E-state index in [1.165, 1.54) is 12.1 Å². The summed E-state index contributed by atoms with van der Waals surface area (Å²) in [5.41, 5.74) is 19.7. The van der Waals surface area contributed by atoms with Crippen molar-refractivity contribution in [3.8, 4) is 5.75 Å². The summed E-state index contributed by atoms with van der Waals surface area (Å²) in [6.45, 7) is 3.89. The number of benzene rings is 3. The summed E-state index contributed by atoms with van der Waals surface area (Å²) in [5.74, 6) is -3.58. The fraction of sp³-hybridized carbons (Fsp3) is 0.395. The minimum absolute atomic E-state index is 0.00961. The molecular weight excluding hydrogens is 777 g/mol. The zero-order valence-electron chi connectivity index (χ0n) is 29.5. The number of nitrogens with two attached hydrogens (primary N) is 3. The summed E-state index contributed by atoms with van der Waals surface area (Å²) in [4.78, 5) is 66.9. The summed E-state index contributed by atoms with van der Waals surface area (Å²) in [6.07, 6.45) is 1.85. The highest BCUT2D eigenvalue weighted by atomic mass is 127. The van der Waals surface area contributed by atoms with E-state index in [1.54, 1.807) is 26.0 Å². The van der Waals surface area contributed by atoms with Gasteiger partial charge < -0.3 is 43.6 Å². The molecule has 3 rings (SSSR count). The number of halogens is 1. The smallest absolute Gasteiger partial charge is 0.243 e. The van der Waals surface area contributed by atoms with Crippen molar-refractivity contribution in [2.24, 2.45) is 23.1 Å². The summed E-state index contributed by atoms with van der Waals surface area (Å²) in [5, 5.41) is 20.7. The predicted octanol–water partition coefficient (Wildman–Crippen LogP) is 1.56. The Bertz CT molecular complexity index is 1620. The van der Waals surface area contributed by atoms with Crippen LogP contribution in [0.1, 0.15) is 49.8 Å². The number of primary amides is 1. The van der Waals surface area contributed by atoms with Gasteiger partial charge >= 0.3 is 0 Å². The van der Waals surface area contributed by atoms with Crippen molar-refractivity contribution in [3.05, 3.63) is 99.1 Å². The molecule has 0 fully saturated rings. The highest BCUT2D eigenvalue weighted by Crippen LogP contribution is 2.14. The second-order valence-corrected chi connectivity index (χ2v) is 14.3. The maximum absolute atomic E-state index is 13.9. The van der Waals surface area contributed by atoms with Gasteiger partial charge in [0.15, 0.2) is 0 Å². The zero-order chi connectivity index (χ0) is 38.2. The van der Waals surface area contributed by atoms with Crippen LogP contribution in [-0.4, -0.2) is 71.4 Å². The largest absolute Gasteiger partial charge is 0.508 e. The number of hydrogen-bond donors (Lipinski definition) is 8. The molecule has 0 aliphatic heterocycles. The van der Waals surface area contributed by atoms with Crippen molar-refractivity contribution in [2.75, 3.05) is 6.54 Å². The molecule has 0 aliphatic carbocycles. The molecule has 5 amide bonds. The third kappa shape index (κ3) is 13.9. The lowest BCUT2D eigenvalue weighted by Gasteiger charge is -2.28. The molecule has 0 aromatic heterocycles. The number of nitrogens with one attached hydrogen (secondary N) is 4. The summed E-state index contributed by atoms with van der Waals surface area (Å²) in [6, 6.07) is 17.6. The third-order valence-corrected chi connectivity index (χ3v) is 9.20. The van der Waals surface area contributed by atoms with E-state index in [9.17, 15) is 29.1 Å². The van der Waals surface area contributed by atoms with E-state index >= 15 is 0 Å². The first-order valence-corrected chi connectivity index (χ1v) is 18.4. The molecule has 0 spiro atoms. The number of carbonyl (C=O) groups is 5. The topological polar surface area (TPSA) is 232 Å². The van der Waals surface area contributed by atoms with Crippen molar-refractivity contribution in [1.82, 2.24) is 21.3 Å². The van der Waals surface area contributed by atoms with Crippen LogP contribution in [0.4, 0.5) is 0 Å². The first-order valence-electron chi connectivity index (χ1n) is 17.3. The van der Waals surface area contributed by atoms with Crippen LogP contribution >= 0.6 is 22.6 Å². The van der Waals surface area contributed by atoms with Gasteiger partial charge in [-0.25, -0.2) is 0 Å². The van der Waals surface area contributed by atoms with Crippen LogP contribution in [0.3, 0.4) is 0 Å². The Morgan fingerprint density at radius 1 is 0.654 bits per heavy atom. The molecule has 0 bridgehead atoms. The molecule has 3 aromatic carbocycles. The Balaban J connectivity index is 1.83. The van der Waals surface area contributed by atoms with Gasteiger partial charge in [0.25, 0.3) is 0 Å².